The Balaban J connectivity index is 1.89. The SMILES string of the molecule is COC(=O)[C@]12Cc3c([nH]c4ccccc34)[C@](C)(N1)[C@](C)([N+](=O)[O-])[C@H]2c1ccccc1. The quantitative estimate of drug-likeness (QED) is 0.396. The highest BCUT2D eigenvalue weighted by molar-refractivity contribution is 5.91. The number of methoxy groups -OCH3 is 1. The smallest absolute Gasteiger partial charge is 0.327 e. The van der Waals surface area contributed by atoms with Crippen molar-refractivity contribution >= 4 is 16.9 Å². The van der Waals surface area contributed by atoms with Gasteiger partial charge in [-0.25, -0.2) is 0 Å². The van der Waals surface area contributed by atoms with Crippen LogP contribution in [0.4, 0.5) is 0 Å². The van der Waals surface area contributed by atoms with Gasteiger partial charge in [-0.15, -0.1) is 0 Å². The number of hydrogen-bond acceptors (Lipinski definition) is 5. The summed E-state index contributed by atoms with van der Waals surface area (Å²) in [4.78, 5) is 29.3. The molecule has 0 aliphatic carbocycles. The van der Waals surface area contributed by atoms with Crippen molar-refractivity contribution in [2.75, 3.05) is 7.11 Å². The molecule has 3 aromatic rings. The Morgan fingerprint density at radius 2 is 1.80 bits per heavy atom. The minimum Gasteiger partial charge on any atom is -0.468 e. The summed E-state index contributed by atoms with van der Waals surface area (Å²) in [5.74, 6) is -1.21. The number of fused-ring (bicyclic) bond motifs is 6. The van der Waals surface area contributed by atoms with Crippen LogP contribution in [0, 0.1) is 10.1 Å². The summed E-state index contributed by atoms with van der Waals surface area (Å²) in [5, 5.41) is 17.1. The van der Waals surface area contributed by atoms with Crippen molar-refractivity contribution in [2.24, 2.45) is 0 Å². The zero-order valence-corrected chi connectivity index (χ0v) is 17.1. The number of esters is 1. The Morgan fingerprint density at radius 3 is 2.47 bits per heavy atom. The molecule has 2 aliphatic rings. The third-order valence-electron chi connectivity index (χ3n) is 7.37. The van der Waals surface area contributed by atoms with E-state index >= 15 is 0 Å². The maximum Gasteiger partial charge on any atom is 0.327 e. The Hall–Kier alpha value is -3.19. The molecule has 0 saturated carbocycles. The number of benzene rings is 2. The number of aromatic nitrogens is 1. The number of nitro groups is 1. The van der Waals surface area contributed by atoms with E-state index in [4.69, 9.17) is 4.74 Å². The van der Waals surface area contributed by atoms with E-state index in [1.54, 1.807) is 6.92 Å². The van der Waals surface area contributed by atoms with E-state index < -0.39 is 28.5 Å². The van der Waals surface area contributed by atoms with E-state index in [-0.39, 0.29) is 4.92 Å². The lowest BCUT2D eigenvalue weighted by molar-refractivity contribution is -0.579. The number of rotatable bonds is 3. The molecular formula is C23H23N3O4. The second kappa shape index (κ2) is 5.92. The van der Waals surface area contributed by atoms with Crippen molar-refractivity contribution < 1.29 is 14.5 Å². The van der Waals surface area contributed by atoms with Gasteiger partial charge in [-0.2, -0.15) is 0 Å². The predicted molar refractivity (Wildman–Crippen MR) is 112 cm³/mol. The fraction of sp³-hybridized carbons (Fsp3) is 0.348. The van der Waals surface area contributed by atoms with Gasteiger partial charge < -0.3 is 9.72 Å². The van der Waals surface area contributed by atoms with Gasteiger partial charge in [0.1, 0.15) is 11.1 Å². The van der Waals surface area contributed by atoms with Crippen molar-refractivity contribution in [3.63, 3.8) is 0 Å². The van der Waals surface area contributed by atoms with Gasteiger partial charge in [-0.05, 0) is 24.1 Å². The molecule has 4 atom stereocenters. The highest BCUT2D eigenvalue weighted by Gasteiger charge is 2.79. The van der Waals surface area contributed by atoms with Crippen LogP contribution >= 0.6 is 0 Å². The van der Waals surface area contributed by atoms with Crippen LogP contribution in [0.5, 0.6) is 0 Å². The van der Waals surface area contributed by atoms with E-state index in [0.29, 0.717) is 6.42 Å². The average molecular weight is 405 g/mol. The third kappa shape index (κ3) is 2.00. The maximum atomic E-state index is 13.3. The topological polar surface area (TPSA) is 97.3 Å². The number of H-pyrrole nitrogens is 1. The summed E-state index contributed by atoms with van der Waals surface area (Å²) >= 11 is 0. The van der Waals surface area contributed by atoms with Crippen LogP contribution in [0.1, 0.15) is 36.6 Å². The second-order valence-electron chi connectivity index (χ2n) is 8.66. The van der Waals surface area contributed by atoms with Crippen molar-refractivity contribution in [1.29, 1.82) is 0 Å². The summed E-state index contributed by atoms with van der Waals surface area (Å²) in [6.45, 7) is 3.47. The van der Waals surface area contributed by atoms with Crippen LogP contribution in [0.25, 0.3) is 10.9 Å². The van der Waals surface area contributed by atoms with E-state index in [9.17, 15) is 14.9 Å². The minimum atomic E-state index is -1.51. The fourth-order valence-electron chi connectivity index (χ4n) is 5.93. The molecule has 7 nitrogen and oxygen atoms in total. The van der Waals surface area contributed by atoms with Crippen molar-refractivity contribution in [3.8, 4) is 0 Å². The molecule has 2 aromatic carbocycles. The Labute approximate surface area is 173 Å². The highest BCUT2D eigenvalue weighted by atomic mass is 16.6. The lowest BCUT2D eigenvalue weighted by Crippen LogP contribution is -2.61. The standard InChI is InChI=1S/C23H23N3O4/c1-21-19-16(15-11-7-8-12-17(15)24-19)13-23(25-21,20(27)30-3)18(22(21,2)26(28)29)14-9-5-4-6-10-14/h4-12,18,24-25H,13H2,1-3H3/t18-,21+,22-,23-/m1/s1. The first-order chi connectivity index (χ1) is 14.3. The molecule has 1 fully saturated rings. The van der Waals surface area contributed by atoms with Crippen LogP contribution in [-0.4, -0.2) is 34.1 Å². The van der Waals surface area contributed by atoms with E-state index in [1.807, 2.05) is 61.5 Å². The first-order valence-corrected chi connectivity index (χ1v) is 9.97. The number of hydrogen-bond donors (Lipinski definition) is 2. The van der Waals surface area contributed by atoms with Crippen LogP contribution < -0.4 is 5.32 Å². The van der Waals surface area contributed by atoms with E-state index in [0.717, 1.165) is 27.7 Å². The van der Waals surface area contributed by atoms with Gasteiger partial charge in [0.2, 0.25) is 0 Å². The zero-order chi connectivity index (χ0) is 21.3. The van der Waals surface area contributed by atoms with Gasteiger partial charge in [0, 0.05) is 34.9 Å². The molecule has 7 heteroatoms. The molecule has 30 heavy (non-hydrogen) atoms. The van der Waals surface area contributed by atoms with Gasteiger partial charge in [0.25, 0.3) is 5.54 Å². The highest BCUT2D eigenvalue weighted by Crippen LogP contribution is 2.61. The molecule has 0 unspecified atom stereocenters. The predicted octanol–water partition coefficient (Wildman–Crippen LogP) is 3.27. The first kappa shape index (κ1) is 18.8. The molecular weight excluding hydrogens is 382 g/mol. The maximum absolute atomic E-state index is 13.3. The van der Waals surface area contributed by atoms with Crippen LogP contribution in [-0.2, 0) is 21.5 Å². The summed E-state index contributed by atoms with van der Waals surface area (Å²) in [6.07, 6.45) is 0.303. The second-order valence-corrected chi connectivity index (χ2v) is 8.66. The Morgan fingerprint density at radius 1 is 1.13 bits per heavy atom. The third-order valence-corrected chi connectivity index (χ3v) is 7.37. The monoisotopic (exact) mass is 405 g/mol. The molecule has 2 N–H and O–H groups in total. The van der Waals surface area contributed by atoms with Gasteiger partial charge in [-0.1, -0.05) is 48.5 Å². The van der Waals surface area contributed by atoms with E-state index in [1.165, 1.54) is 7.11 Å². The number of carbonyl (C=O) groups excluding carboxylic acids is 1. The van der Waals surface area contributed by atoms with E-state index in [2.05, 4.69) is 10.3 Å². The lowest BCUT2D eigenvalue weighted by Gasteiger charge is -2.38. The molecule has 5 rings (SSSR count). The molecule has 1 saturated heterocycles. The normalized spacial score (nSPS) is 32.0. The van der Waals surface area contributed by atoms with Crippen LogP contribution in [0.3, 0.4) is 0 Å². The van der Waals surface area contributed by atoms with Crippen molar-refractivity contribution in [3.05, 3.63) is 81.5 Å². The largest absolute Gasteiger partial charge is 0.468 e. The number of carbonyl (C=O) groups is 1. The summed E-state index contributed by atoms with van der Waals surface area (Å²) in [5.41, 5.74) is -0.533. The average Bonchev–Trinajstić information content (AvgIpc) is 3.20. The fourth-order valence-corrected chi connectivity index (χ4v) is 5.93. The van der Waals surface area contributed by atoms with Crippen LogP contribution in [0.15, 0.2) is 54.6 Å². The Kier molecular flexibility index (Phi) is 3.71. The molecule has 0 spiro atoms. The molecule has 1 aromatic heterocycles. The number of para-hydroxylation sites is 1. The molecule has 0 radical (unpaired) electrons. The Bertz CT molecular complexity index is 1190. The number of aromatic amines is 1. The molecule has 2 aliphatic heterocycles. The molecule has 154 valence electrons. The molecule has 0 amide bonds. The number of ether oxygens (including phenoxy) is 1. The first-order valence-electron chi connectivity index (χ1n) is 9.97. The summed E-state index contributed by atoms with van der Waals surface area (Å²) in [7, 11) is 1.34. The van der Waals surface area contributed by atoms with Gasteiger partial charge in [-0.3, -0.25) is 20.2 Å². The molecule has 2 bridgehead atoms. The number of nitrogens with zero attached hydrogens (tertiary/aromatic N) is 1. The summed E-state index contributed by atoms with van der Waals surface area (Å²) in [6, 6.07) is 17.1. The summed E-state index contributed by atoms with van der Waals surface area (Å²) < 4.78 is 5.25. The van der Waals surface area contributed by atoms with Gasteiger partial charge in [0.15, 0.2) is 0 Å². The zero-order valence-electron chi connectivity index (χ0n) is 17.1. The lowest BCUT2D eigenvalue weighted by atomic mass is 9.68. The minimum absolute atomic E-state index is 0.233. The number of nitrogens with one attached hydrogen (secondary N) is 2. The van der Waals surface area contributed by atoms with Crippen molar-refractivity contribution in [2.45, 2.75) is 42.8 Å². The molecule has 3 heterocycles. The van der Waals surface area contributed by atoms with Crippen LogP contribution in [0.2, 0.25) is 0 Å². The van der Waals surface area contributed by atoms with Gasteiger partial charge >= 0.3 is 5.97 Å². The van der Waals surface area contributed by atoms with Gasteiger partial charge in [0.05, 0.1) is 13.0 Å². The van der Waals surface area contributed by atoms with Crippen molar-refractivity contribution in [1.82, 2.24) is 10.3 Å².